The summed E-state index contributed by atoms with van der Waals surface area (Å²) >= 11 is 0. The summed E-state index contributed by atoms with van der Waals surface area (Å²) in [5.74, 6) is 0. The molecule has 15 heavy (non-hydrogen) atoms. The molecule has 2 nitrogen and oxygen atoms in total. The van der Waals surface area contributed by atoms with Gasteiger partial charge in [0.1, 0.15) is 0 Å². The van der Waals surface area contributed by atoms with E-state index in [1.165, 1.54) is 18.7 Å². The summed E-state index contributed by atoms with van der Waals surface area (Å²) in [6, 6.07) is 10.5. The van der Waals surface area contributed by atoms with Crippen LogP contribution in [-0.4, -0.2) is 37.6 Å². The van der Waals surface area contributed by atoms with Crippen molar-refractivity contribution in [2.45, 2.75) is 0 Å². The van der Waals surface area contributed by atoms with Crippen molar-refractivity contribution >= 4 is 6.08 Å². The molecule has 0 amide bonds. The summed E-state index contributed by atoms with van der Waals surface area (Å²) in [7, 11) is 0. The molecule has 0 aliphatic carbocycles. The fourth-order valence-electron chi connectivity index (χ4n) is 1.80. The van der Waals surface area contributed by atoms with E-state index in [1.54, 1.807) is 0 Å². The van der Waals surface area contributed by atoms with Crippen molar-refractivity contribution in [3.05, 3.63) is 42.0 Å². The van der Waals surface area contributed by atoms with Gasteiger partial charge in [0.15, 0.2) is 0 Å². The Bertz CT molecular complexity index is 300. The van der Waals surface area contributed by atoms with Gasteiger partial charge in [-0.1, -0.05) is 42.5 Å². The minimum absolute atomic E-state index is 1.07. The third-order valence-electron chi connectivity index (χ3n) is 2.68. The molecule has 0 atom stereocenters. The van der Waals surface area contributed by atoms with Crippen LogP contribution in [0, 0.1) is 0 Å². The first-order chi connectivity index (χ1) is 7.45. The maximum absolute atomic E-state index is 3.36. The highest BCUT2D eigenvalue weighted by molar-refractivity contribution is 5.48. The fraction of sp³-hybridized carbons (Fsp3) is 0.385. The average molecular weight is 202 g/mol. The van der Waals surface area contributed by atoms with Crippen molar-refractivity contribution < 1.29 is 0 Å². The highest BCUT2D eigenvalue weighted by Gasteiger charge is 2.06. The molecule has 1 fully saturated rings. The Labute approximate surface area is 91.6 Å². The molecule has 1 aliphatic rings. The maximum atomic E-state index is 3.36. The van der Waals surface area contributed by atoms with Crippen LogP contribution in [0.5, 0.6) is 0 Å². The fourth-order valence-corrected chi connectivity index (χ4v) is 1.80. The van der Waals surface area contributed by atoms with Crippen LogP contribution in [0.15, 0.2) is 36.4 Å². The Hall–Kier alpha value is -1.12. The van der Waals surface area contributed by atoms with Crippen LogP contribution < -0.4 is 5.32 Å². The summed E-state index contributed by atoms with van der Waals surface area (Å²) in [5, 5.41) is 3.36. The predicted octanol–water partition coefficient (Wildman–Crippen LogP) is 1.60. The molecular weight excluding hydrogens is 184 g/mol. The first kappa shape index (κ1) is 10.4. The highest BCUT2D eigenvalue weighted by Crippen LogP contribution is 2.01. The molecule has 80 valence electrons. The standard InChI is InChI=1S/C13H18N2/c1-2-5-13(6-3-1)7-4-10-15-11-8-14-9-12-15/h1-7,14H,8-12H2/b7-4+. The Kier molecular flexibility index (Phi) is 3.94. The molecule has 0 aromatic heterocycles. The molecule has 0 bridgehead atoms. The summed E-state index contributed by atoms with van der Waals surface area (Å²) in [5.41, 5.74) is 1.28. The van der Waals surface area contributed by atoms with Crippen LogP contribution in [-0.2, 0) is 0 Å². The molecule has 2 heteroatoms. The van der Waals surface area contributed by atoms with Crippen LogP contribution >= 0.6 is 0 Å². The summed E-state index contributed by atoms with van der Waals surface area (Å²) in [6.45, 7) is 5.65. The van der Waals surface area contributed by atoms with Gasteiger partial charge in [-0.2, -0.15) is 0 Å². The van der Waals surface area contributed by atoms with E-state index in [2.05, 4.69) is 46.6 Å². The molecule has 0 spiro atoms. The van der Waals surface area contributed by atoms with E-state index in [9.17, 15) is 0 Å². The molecule has 1 aromatic carbocycles. The van der Waals surface area contributed by atoms with Crippen molar-refractivity contribution in [3.8, 4) is 0 Å². The van der Waals surface area contributed by atoms with Crippen molar-refractivity contribution in [1.82, 2.24) is 10.2 Å². The topological polar surface area (TPSA) is 15.3 Å². The number of benzene rings is 1. The second-order valence-electron chi connectivity index (χ2n) is 3.86. The number of piperazine rings is 1. The Morgan fingerprint density at radius 2 is 1.87 bits per heavy atom. The van der Waals surface area contributed by atoms with E-state index in [-0.39, 0.29) is 0 Å². The molecule has 2 rings (SSSR count). The van der Waals surface area contributed by atoms with Crippen LogP contribution in [0.2, 0.25) is 0 Å². The maximum Gasteiger partial charge on any atom is 0.0167 e. The van der Waals surface area contributed by atoms with Gasteiger partial charge in [0.05, 0.1) is 0 Å². The quantitative estimate of drug-likeness (QED) is 0.801. The van der Waals surface area contributed by atoms with E-state index >= 15 is 0 Å². The van der Waals surface area contributed by atoms with Crippen LogP contribution in [0.3, 0.4) is 0 Å². The molecule has 1 aromatic rings. The number of hydrogen-bond acceptors (Lipinski definition) is 2. The third-order valence-corrected chi connectivity index (χ3v) is 2.68. The van der Waals surface area contributed by atoms with Gasteiger partial charge >= 0.3 is 0 Å². The van der Waals surface area contributed by atoms with Gasteiger partial charge in [0, 0.05) is 32.7 Å². The lowest BCUT2D eigenvalue weighted by Gasteiger charge is -2.25. The highest BCUT2D eigenvalue weighted by atomic mass is 15.2. The Morgan fingerprint density at radius 1 is 1.13 bits per heavy atom. The van der Waals surface area contributed by atoms with Crippen molar-refractivity contribution in [2.24, 2.45) is 0 Å². The average Bonchev–Trinajstić information content (AvgIpc) is 2.32. The molecular formula is C13H18N2. The second-order valence-corrected chi connectivity index (χ2v) is 3.86. The predicted molar refractivity (Wildman–Crippen MR) is 64.8 cm³/mol. The zero-order valence-electron chi connectivity index (χ0n) is 9.02. The van der Waals surface area contributed by atoms with Crippen LogP contribution in [0.1, 0.15) is 5.56 Å². The van der Waals surface area contributed by atoms with Gasteiger partial charge in [-0.05, 0) is 5.56 Å². The minimum atomic E-state index is 1.07. The Morgan fingerprint density at radius 3 is 2.60 bits per heavy atom. The van der Waals surface area contributed by atoms with Gasteiger partial charge in [0.2, 0.25) is 0 Å². The van der Waals surface area contributed by atoms with E-state index in [1.807, 2.05) is 6.07 Å². The molecule has 0 unspecified atom stereocenters. The van der Waals surface area contributed by atoms with E-state index < -0.39 is 0 Å². The molecule has 0 saturated carbocycles. The van der Waals surface area contributed by atoms with E-state index in [4.69, 9.17) is 0 Å². The zero-order chi connectivity index (χ0) is 10.3. The number of rotatable bonds is 3. The summed E-state index contributed by atoms with van der Waals surface area (Å²) in [6.07, 6.45) is 4.45. The lowest BCUT2D eigenvalue weighted by Crippen LogP contribution is -2.43. The number of hydrogen-bond donors (Lipinski definition) is 1. The minimum Gasteiger partial charge on any atom is -0.314 e. The first-order valence-corrected chi connectivity index (χ1v) is 5.60. The molecule has 1 N–H and O–H groups in total. The monoisotopic (exact) mass is 202 g/mol. The molecule has 1 saturated heterocycles. The van der Waals surface area contributed by atoms with Gasteiger partial charge in [0.25, 0.3) is 0 Å². The number of nitrogens with zero attached hydrogens (tertiary/aromatic N) is 1. The molecule has 0 radical (unpaired) electrons. The zero-order valence-corrected chi connectivity index (χ0v) is 9.02. The van der Waals surface area contributed by atoms with E-state index in [0.717, 1.165) is 19.6 Å². The lowest BCUT2D eigenvalue weighted by molar-refractivity contribution is 0.265. The van der Waals surface area contributed by atoms with Crippen molar-refractivity contribution in [3.63, 3.8) is 0 Å². The van der Waals surface area contributed by atoms with Crippen LogP contribution in [0.4, 0.5) is 0 Å². The molecule has 1 aliphatic heterocycles. The van der Waals surface area contributed by atoms with Gasteiger partial charge in [-0.3, -0.25) is 4.90 Å². The normalized spacial score (nSPS) is 18.4. The summed E-state index contributed by atoms with van der Waals surface area (Å²) in [4.78, 5) is 2.47. The molecule has 1 heterocycles. The lowest BCUT2D eigenvalue weighted by atomic mass is 10.2. The van der Waals surface area contributed by atoms with Crippen LogP contribution in [0.25, 0.3) is 6.08 Å². The Balaban J connectivity index is 1.79. The van der Waals surface area contributed by atoms with Crippen molar-refractivity contribution in [1.29, 1.82) is 0 Å². The van der Waals surface area contributed by atoms with Crippen molar-refractivity contribution in [2.75, 3.05) is 32.7 Å². The first-order valence-electron chi connectivity index (χ1n) is 5.60. The third kappa shape index (κ3) is 3.50. The van der Waals surface area contributed by atoms with E-state index in [0.29, 0.717) is 0 Å². The van der Waals surface area contributed by atoms with Gasteiger partial charge in [-0.15, -0.1) is 0 Å². The number of nitrogens with one attached hydrogen (secondary N) is 1. The SMILES string of the molecule is C(=C\c1ccccc1)/CN1CCNCC1. The smallest absolute Gasteiger partial charge is 0.0167 e. The van der Waals surface area contributed by atoms with Gasteiger partial charge in [-0.25, -0.2) is 0 Å². The second kappa shape index (κ2) is 5.69. The summed E-state index contributed by atoms with van der Waals surface area (Å²) < 4.78 is 0. The largest absolute Gasteiger partial charge is 0.314 e. The van der Waals surface area contributed by atoms with Gasteiger partial charge < -0.3 is 5.32 Å².